The number of piperidine rings is 1. The number of imide groups is 1. The number of carbonyl (C=O) groups excluding carboxylic acids is 3. The number of nitrogens with zero attached hydrogens (tertiary/aromatic N) is 2. The molecule has 1 saturated heterocycles. The quantitative estimate of drug-likeness (QED) is 0.421. The van der Waals surface area contributed by atoms with E-state index < -0.39 is 12.0 Å². The van der Waals surface area contributed by atoms with Gasteiger partial charge in [0, 0.05) is 12.8 Å². The van der Waals surface area contributed by atoms with Crippen LogP contribution in [0.5, 0.6) is 0 Å². The molecule has 1 aromatic rings. The molecule has 0 aromatic heterocycles. The van der Waals surface area contributed by atoms with E-state index in [-0.39, 0.29) is 52.9 Å². The molecular formula is C18H24N3O6-. The molecule has 0 saturated carbocycles. The molecule has 0 bridgehead atoms. The van der Waals surface area contributed by atoms with E-state index in [0.717, 1.165) is 4.90 Å². The van der Waals surface area contributed by atoms with E-state index in [1.54, 1.807) is 0 Å². The molecule has 0 spiro atoms. The lowest BCUT2D eigenvalue weighted by atomic mass is 10.0. The maximum absolute atomic E-state index is 12.1. The highest BCUT2D eigenvalue weighted by molar-refractivity contribution is 6.16. The number of carbonyl (C=O) groups is 3. The first-order chi connectivity index (χ1) is 12.7. The third-order valence-corrected chi connectivity index (χ3v) is 4.25. The summed E-state index contributed by atoms with van der Waals surface area (Å²) in [7, 11) is 1.26. The molecule has 1 aliphatic rings. The average Bonchev–Trinajstić information content (AvgIpc) is 2.60. The first-order valence-electron chi connectivity index (χ1n) is 8.75. The van der Waals surface area contributed by atoms with Crippen molar-refractivity contribution in [2.24, 2.45) is 5.92 Å². The van der Waals surface area contributed by atoms with Gasteiger partial charge >= 0.3 is 5.97 Å². The van der Waals surface area contributed by atoms with Gasteiger partial charge in [0.1, 0.15) is 6.04 Å². The Labute approximate surface area is 157 Å². The van der Waals surface area contributed by atoms with E-state index in [4.69, 9.17) is 4.74 Å². The Morgan fingerprint density at radius 2 is 1.96 bits per heavy atom. The fourth-order valence-electron chi connectivity index (χ4n) is 3.00. The van der Waals surface area contributed by atoms with Gasteiger partial charge in [-0.2, -0.15) is 0 Å². The fraction of sp³-hybridized carbons (Fsp3) is 0.500. The van der Waals surface area contributed by atoms with Crippen molar-refractivity contribution in [3.63, 3.8) is 0 Å². The van der Waals surface area contributed by atoms with Crippen LogP contribution in [0.2, 0.25) is 0 Å². The lowest BCUT2D eigenvalue weighted by molar-refractivity contribution is -0.142. The maximum Gasteiger partial charge on any atom is 0.328 e. The van der Waals surface area contributed by atoms with Gasteiger partial charge in [0.05, 0.1) is 24.2 Å². The topological polar surface area (TPSA) is 122 Å². The molecule has 2 rings (SSSR count). The summed E-state index contributed by atoms with van der Waals surface area (Å²) in [5.41, 5.74) is 0.166. The van der Waals surface area contributed by atoms with Crippen LogP contribution in [0.3, 0.4) is 0 Å². The lowest BCUT2D eigenvalue weighted by Gasteiger charge is -2.30. The van der Waals surface area contributed by atoms with E-state index in [0.29, 0.717) is 12.8 Å². The van der Waals surface area contributed by atoms with Gasteiger partial charge in [0.15, 0.2) is 0 Å². The standard InChI is InChI=1S/C18H24N3O6/c1-11(2)9-14(18(24)27-3)19-13-8-7-12(10-15(13)21(25)26)20-16(22)5-4-6-17(20)23/h7-8,10-11,14,19,25H,4-6,9H2,1-3H3/q-1. The first kappa shape index (κ1) is 20.7. The molecule has 9 nitrogen and oxygen atoms in total. The SMILES string of the molecule is COC(=O)C(CC(C)C)Nc1ccc(N2C(=O)CCCC2=O)cc1N([O-])O. The van der Waals surface area contributed by atoms with Crippen LogP contribution in [0, 0.1) is 11.1 Å². The number of ether oxygens (including phenoxy) is 1. The summed E-state index contributed by atoms with van der Waals surface area (Å²) in [5.74, 6) is -1.05. The lowest BCUT2D eigenvalue weighted by Crippen LogP contribution is -2.40. The molecule has 1 aliphatic heterocycles. The molecule has 27 heavy (non-hydrogen) atoms. The summed E-state index contributed by atoms with van der Waals surface area (Å²) < 4.78 is 4.78. The van der Waals surface area contributed by atoms with Crippen LogP contribution in [-0.2, 0) is 19.1 Å². The smallest absolute Gasteiger partial charge is 0.328 e. The number of rotatable bonds is 7. The highest BCUT2D eigenvalue weighted by Crippen LogP contribution is 2.33. The molecule has 1 fully saturated rings. The molecule has 1 aromatic carbocycles. The van der Waals surface area contributed by atoms with Crippen molar-refractivity contribution >= 4 is 34.8 Å². The summed E-state index contributed by atoms with van der Waals surface area (Å²) in [6.45, 7) is 3.86. The van der Waals surface area contributed by atoms with Crippen LogP contribution >= 0.6 is 0 Å². The number of methoxy groups -OCH3 is 1. The minimum atomic E-state index is -0.724. The second kappa shape index (κ2) is 8.83. The summed E-state index contributed by atoms with van der Waals surface area (Å²) in [6, 6.07) is 3.44. The van der Waals surface area contributed by atoms with Crippen molar-refractivity contribution in [2.75, 3.05) is 22.6 Å². The van der Waals surface area contributed by atoms with Crippen molar-refractivity contribution in [3.8, 4) is 0 Å². The minimum Gasteiger partial charge on any atom is -0.733 e. The van der Waals surface area contributed by atoms with Gasteiger partial charge in [0.25, 0.3) is 0 Å². The van der Waals surface area contributed by atoms with Gasteiger partial charge in [-0.15, -0.1) is 0 Å². The molecule has 1 heterocycles. The molecule has 9 heteroatoms. The second-order valence-corrected chi connectivity index (χ2v) is 6.80. The number of benzene rings is 1. The zero-order valence-electron chi connectivity index (χ0n) is 15.6. The third kappa shape index (κ3) is 4.95. The molecular weight excluding hydrogens is 354 g/mol. The van der Waals surface area contributed by atoms with Crippen molar-refractivity contribution < 1.29 is 24.3 Å². The maximum atomic E-state index is 12.1. The molecule has 0 radical (unpaired) electrons. The zero-order valence-corrected chi connectivity index (χ0v) is 15.6. The summed E-state index contributed by atoms with van der Waals surface area (Å²) in [4.78, 5) is 37.1. The Hall–Kier alpha value is -2.65. The predicted molar refractivity (Wildman–Crippen MR) is 99.3 cm³/mol. The number of hydrogen-bond donors (Lipinski definition) is 2. The van der Waals surface area contributed by atoms with Gasteiger partial charge in [-0.25, -0.2) is 4.79 Å². The highest BCUT2D eigenvalue weighted by atomic mass is 16.8. The number of nitrogens with one attached hydrogen (secondary N) is 1. The van der Waals surface area contributed by atoms with Gasteiger partial charge < -0.3 is 20.5 Å². The molecule has 1 unspecified atom stereocenters. The number of amides is 2. The summed E-state index contributed by atoms with van der Waals surface area (Å²) in [5, 5.41) is 23.7. The van der Waals surface area contributed by atoms with Crippen LogP contribution < -0.4 is 15.4 Å². The average molecular weight is 378 g/mol. The van der Waals surface area contributed by atoms with Crippen LogP contribution in [0.1, 0.15) is 39.5 Å². The summed E-state index contributed by atoms with van der Waals surface area (Å²) in [6.07, 6.45) is 1.41. The molecule has 0 aliphatic carbocycles. The molecule has 2 amide bonds. The molecule has 148 valence electrons. The number of hydrogen-bond acceptors (Lipinski definition) is 8. The van der Waals surface area contributed by atoms with E-state index in [2.05, 4.69) is 5.32 Å². The Bertz CT molecular complexity index is 703. The normalized spacial score (nSPS) is 15.7. The van der Waals surface area contributed by atoms with Gasteiger partial charge in [-0.3, -0.25) is 19.7 Å². The molecule has 2 N–H and O–H groups in total. The van der Waals surface area contributed by atoms with Crippen molar-refractivity contribution in [1.82, 2.24) is 0 Å². The minimum absolute atomic E-state index is 0.172. The van der Waals surface area contributed by atoms with Crippen LogP contribution in [0.25, 0.3) is 0 Å². The van der Waals surface area contributed by atoms with E-state index in [1.807, 2.05) is 13.8 Å². The Morgan fingerprint density at radius 3 is 2.48 bits per heavy atom. The first-order valence-corrected chi connectivity index (χ1v) is 8.75. The fourth-order valence-corrected chi connectivity index (χ4v) is 3.00. The van der Waals surface area contributed by atoms with Crippen molar-refractivity contribution in [2.45, 2.75) is 45.6 Å². The number of anilines is 3. The molecule has 1 atom stereocenters. The van der Waals surface area contributed by atoms with Gasteiger partial charge in [-0.1, -0.05) is 13.8 Å². The van der Waals surface area contributed by atoms with E-state index in [1.165, 1.54) is 25.3 Å². The Morgan fingerprint density at radius 1 is 1.33 bits per heavy atom. The van der Waals surface area contributed by atoms with E-state index >= 15 is 0 Å². The van der Waals surface area contributed by atoms with Crippen LogP contribution in [-0.4, -0.2) is 36.1 Å². The van der Waals surface area contributed by atoms with Crippen LogP contribution in [0.15, 0.2) is 18.2 Å². The van der Waals surface area contributed by atoms with Crippen molar-refractivity contribution in [3.05, 3.63) is 23.4 Å². The predicted octanol–water partition coefficient (Wildman–Crippen LogP) is 2.42. The largest absolute Gasteiger partial charge is 0.733 e. The Balaban J connectivity index is 2.36. The Kier molecular flexibility index (Phi) is 6.75. The number of esters is 1. The van der Waals surface area contributed by atoms with E-state index in [9.17, 15) is 24.8 Å². The summed E-state index contributed by atoms with van der Waals surface area (Å²) >= 11 is 0. The monoisotopic (exact) mass is 378 g/mol. The van der Waals surface area contributed by atoms with Gasteiger partial charge in [0.2, 0.25) is 11.8 Å². The van der Waals surface area contributed by atoms with Crippen molar-refractivity contribution in [1.29, 1.82) is 0 Å². The highest BCUT2D eigenvalue weighted by Gasteiger charge is 2.28. The third-order valence-electron chi connectivity index (χ3n) is 4.25. The van der Waals surface area contributed by atoms with Crippen LogP contribution in [0.4, 0.5) is 17.1 Å². The zero-order chi connectivity index (χ0) is 20.1. The van der Waals surface area contributed by atoms with Gasteiger partial charge in [-0.05, 0) is 37.0 Å². The second-order valence-electron chi connectivity index (χ2n) is 6.80.